The number of aromatic nitrogens is 1. The van der Waals surface area contributed by atoms with Crippen LogP contribution in [-0.2, 0) is 6.42 Å². The second-order valence-electron chi connectivity index (χ2n) is 3.03. The van der Waals surface area contributed by atoms with Gasteiger partial charge in [-0.2, -0.15) is 13.2 Å². The third-order valence-electron chi connectivity index (χ3n) is 1.73. The molecule has 0 aliphatic rings. The van der Waals surface area contributed by atoms with E-state index in [9.17, 15) is 13.2 Å². The lowest BCUT2D eigenvalue weighted by Crippen LogP contribution is -2.30. The molecule has 0 aromatic carbocycles. The molecule has 2 nitrogen and oxygen atoms in total. The number of nitrogens with zero attached hydrogens (tertiary/aromatic N) is 1. The molecule has 0 amide bonds. The third-order valence-corrected chi connectivity index (χ3v) is 1.73. The molecule has 0 saturated carbocycles. The Bertz CT molecular complexity index is 311. The molecule has 0 aliphatic heterocycles. The van der Waals surface area contributed by atoms with E-state index >= 15 is 0 Å². The summed E-state index contributed by atoms with van der Waals surface area (Å²) >= 11 is 0. The van der Waals surface area contributed by atoms with E-state index in [0.29, 0.717) is 5.69 Å². The lowest BCUT2D eigenvalue weighted by Gasteiger charge is -2.13. The molecule has 0 saturated heterocycles. The van der Waals surface area contributed by atoms with Gasteiger partial charge in [0.2, 0.25) is 0 Å². The van der Waals surface area contributed by atoms with E-state index < -0.39 is 18.7 Å². The van der Waals surface area contributed by atoms with Crippen LogP contribution in [0.1, 0.15) is 11.4 Å². The Labute approximate surface area is 79.4 Å². The average Bonchev–Trinajstić information content (AvgIpc) is 2.02. The van der Waals surface area contributed by atoms with Crippen LogP contribution in [0.25, 0.3) is 0 Å². The first kappa shape index (κ1) is 11.0. The summed E-state index contributed by atoms with van der Waals surface area (Å²) in [6.45, 7) is 1.68. The first-order valence-corrected chi connectivity index (χ1v) is 4.07. The Hall–Kier alpha value is -1.10. The molecule has 1 rings (SSSR count). The standard InChI is InChI=1S/C9H10F3NO/c1-6-3-2-4-7(13-6)5-8(14)9(10,11)12/h2-4,8,14H,5H2,1H3. The van der Waals surface area contributed by atoms with Gasteiger partial charge in [-0.3, -0.25) is 4.98 Å². The minimum Gasteiger partial charge on any atom is -0.383 e. The predicted molar refractivity (Wildman–Crippen MR) is 44.7 cm³/mol. The lowest BCUT2D eigenvalue weighted by molar-refractivity contribution is -0.203. The highest BCUT2D eigenvalue weighted by Gasteiger charge is 2.38. The number of aliphatic hydroxyl groups excluding tert-OH is 1. The van der Waals surface area contributed by atoms with Crippen LogP contribution < -0.4 is 0 Å². The minimum absolute atomic E-state index is 0.245. The zero-order valence-corrected chi connectivity index (χ0v) is 7.54. The third kappa shape index (κ3) is 2.99. The Morgan fingerprint density at radius 3 is 2.57 bits per heavy atom. The Morgan fingerprint density at radius 2 is 2.07 bits per heavy atom. The van der Waals surface area contributed by atoms with Crippen LogP contribution in [0.4, 0.5) is 13.2 Å². The fourth-order valence-electron chi connectivity index (χ4n) is 1.03. The van der Waals surface area contributed by atoms with Gasteiger partial charge < -0.3 is 5.11 Å². The van der Waals surface area contributed by atoms with Crippen LogP contribution in [0.15, 0.2) is 18.2 Å². The zero-order valence-electron chi connectivity index (χ0n) is 7.54. The number of alkyl halides is 3. The van der Waals surface area contributed by atoms with Gasteiger partial charge in [-0.1, -0.05) is 6.07 Å². The minimum atomic E-state index is -4.58. The number of rotatable bonds is 2. The summed E-state index contributed by atoms with van der Waals surface area (Å²) in [7, 11) is 0. The molecule has 0 radical (unpaired) electrons. The maximum absolute atomic E-state index is 12.0. The van der Waals surface area contributed by atoms with E-state index in [1.807, 2.05) is 0 Å². The van der Waals surface area contributed by atoms with Crippen molar-refractivity contribution in [3.63, 3.8) is 0 Å². The Balaban J connectivity index is 2.70. The summed E-state index contributed by atoms with van der Waals surface area (Å²) in [4.78, 5) is 3.87. The molecule has 1 heterocycles. The van der Waals surface area contributed by atoms with Crippen molar-refractivity contribution in [1.82, 2.24) is 4.98 Å². The highest BCUT2D eigenvalue weighted by molar-refractivity contribution is 5.10. The molecular formula is C9H10F3NO. The second-order valence-corrected chi connectivity index (χ2v) is 3.03. The second kappa shape index (κ2) is 3.96. The van der Waals surface area contributed by atoms with Crippen molar-refractivity contribution in [2.45, 2.75) is 25.6 Å². The molecule has 1 N–H and O–H groups in total. The fourth-order valence-corrected chi connectivity index (χ4v) is 1.03. The van der Waals surface area contributed by atoms with Gasteiger partial charge in [0.15, 0.2) is 6.10 Å². The van der Waals surface area contributed by atoms with Crippen molar-refractivity contribution in [2.24, 2.45) is 0 Å². The van der Waals surface area contributed by atoms with Gasteiger partial charge in [-0.25, -0.2) is 0 Å². The zero-order chi connectivity index (χ0) is 10.8. The number of hydrogen-bond donors (Lipinski definition) is 1. The number of aliphatic hydroxyl groups is 1. The molecule has 0 fully saturated rings. The van der Waals surface area contributed by atoms with E-state index in [1.165, 1.54) is 6.07 Å². The van der Waals surface area contributed by atoms with Crippen LogP contribution >= 0.6 is 0 Å². The molecule has 78 valence electrons. The Kier molecular flexibility index (Phi) is 3.10. The van der Waals surface area contributed by atoms with E-state index in [0.717, 1.165) is 0 Å². The van der Waals surface area contributed by atoms with Gasteiger partial charge in [0.25, 0.3) is 0 Å². The van der Waals surface area contributed by atoms with Crippen molar-refractivity contribution < 1.29 is 18.3 Å². The summed E-state index contributed by atoms with van der Waals surface area (Å²) in [5.74, 6) is 0. The van der Waals surface area contributed by atoms with Crippen molar-refractivity contribution in [3.05, 3.63) is 29.6 Å². The van der Waals surface area contributed by atoms with E-state index in [-0.39, 0.29) is 5.69 Å². The van der Waals surface area contributed by atoms with Gasteiger partial charge in [0.05, 0.1) is 0 Å². The van der Waals surface area contributed by atoms with Gasteiger partial charge in [0.1, 0.15) is 0 Å². The largest absolute Gasteiger partial charge is 0.414 e. The molecule has 0 aliphatic carbocycles. The van der Waals surface area contributed by atoms with Gasteiger partial charge in [-0.05, 0) is 19.1 Å². The summed E-state index contributed by atoms with van der Waals surface area (Å²) < 4.78 is 35.9. The number of aryl methyl sites for hydroxylation is 1. The lowest BCUT2D eigenvalue weighted by atomic mass is 10.1. The molecule has 0 bridgehead atoms. The molecule has 1 aromatic heterocycles. The predicted octanol–water partition coefficient (Wildman–Crippen LogP) is 1.86. The summed E-state index contributed by atoms with van der Waals surface area (Å²) in [6.07, 6.45) is -7.41. The van der Waals surface area contributed by atoms with Gasteiger partial charge in [-0.15, -0.1) is 0 Å². The SMILES string of the molecule is Cc1cccc(CC(O)C(F)(F)F)n1. The summed E-state index contributed by atoms with van der Waals surface area (Å²) in [5.41, 5.74) is 0.881. The molecule has 1 aromatic rings. The molecule has 14 heavy (non-hydrogen) atoms. The Morgan fingerprint density at radius 1 is 1.43 bits per heavy atom. The van der Waals surface area contributed by atoms with Crippen LogP contribution in [0.5, 0.6) is 0 Å². The highest BCUT2D eigenvalue weighted by Crippen LogP contribution is 2.22. The van der Waals surface area contributed by atoms with Gasteiger partial charge in [0, 0.05) is 17.8 Å². The summed E-state index contributed by atoms with van der Waals surface area (Å²) in [5, 5.41) is 8.77. The quantitative estimate of drug-likeness (QED) is 0.799. The van der Waals surface area contributed by atoms with E-state index in [4.69, 9.17) is 5.11 Å². The monoisotopic (exact) mass is 205 g/mol. The normalized spacial score (nSPS) is 14.1. The number of halogens is 3. The van der Waals surface area contributed by atoms with Crippen LogP contribution in [0.2, 0.25) is 0 Å². The molecule has 0 spiro atoms. The first-order chi connectivity index (χ1) is 6.39. The van der Waals surface area contributed by atoms with E-state index in [2.05, 4.69) is 4.98 Å². The average molecular weight is 205 g/mol. The maximum atomic E-state index is 12.0. The van der Waals surface area contributed by atoms with Crippen LogP contribution in [0, 0.1) is 6.92 Å². The molecular weight excluding hydrogens is 195 g/mol. The fraction of sp³-hybridized carbons (Fsp3) is 0.444. The number of pyridine rings is 1. The molecule has 5 heteroatoms. The molecule has 1 unspecified atom stereocenters. The molecule has 1 atom stereocenters. The van der Waals surface area contributed by atoms with E-state index in [1.54, 1.807) is 19.1 Å². The van der Waals surface area contributed by atoms with Gasteiger partial charge >= 0.3 is 6.18 Å². The first-order valence-electron chi connectivity index (χ1n) is 4.07. The highest BCUT2D eigenvalue weighted by atomic mass is 19.4. The summed E-state index contributed by atoms with van der Waals surface area (Å²) in [6, 6.07) is 4.76. The smallest absolute Gasteiger partial charge is 0.383 e. The van der Waals surface area contributed by atoms with Crippen molar-refractivity contribution in [2.75, 3.05) is 0 Å². The van der Waals surface area contributed by atoms with Crippen LogP contribution in [-0.4, -0.2) is 22.4 Å². The maximum Gasteiger partial charge on any atom is 0.414 e. The van der Waals surface area contributed by atoms with Crippen LogP contribution in [0.3, 0.4) is 0 Å². The topological polar surface area (TPSA) is 33.1 Å². The van der Waals surface area contributed by atoms with Crippen molar-refractivity contribution >= 4 is 0 Å². The van der Waals surface area contributed by atoms with Crippen molar-refractivity contribution in [3.8, 4) is 0 Å². The number of hydrogen-bond acceptors (Lipinski definition) is 2. The van der Waals surface area contributed by atoms with Crippen molar-refractivity contribution in [1.29, 1.82) is 0 Å².